The van der Waals surface area contributed by atoms with Crippen LogP contribution < -0.4 is 16.4 Å². The van der Waals surface area contributed by atoms with Gasteiger partial charge in [-0.25, -0.2) is 9.97 Å². The number of rotatable bonds is 5. The quantitative estimate of drug-likeness (QED) is 0.673. The summed E-state index contributed by atoms with van der Waals surface area (Å²) in [6.45, 7) is 0. The van der Waals surface area contributed by atoms with Gasteiger partial charge in [-0.05, 0) is 24.3 Å². The first-order chi connectivity index (χ1) is 11.2. The maximum atomic E-state index is 11.6. The summed E-state index contributed by atoms with van der Waals surface area (Å²) in [6, 6.07) is 16.8. The van der Waals surface area contributed by atoms with Crippen LogP contribution in [0.15, 0.2) is 67.0 Å². The van der Waals surface area contributed by atoms with E-state index in [1.165, 1.54) is 6.20 Å². The third-order valence-corrected chi connectivity index (χ3v) is 3.14. The van der Waals surface area contributed by atoms with Crippen molar-refractivity contribution in [1.29, 1.82) is 0 Å². The van der Waals surface area contributed by atoms with E-state index in [0.717, 1.165) is 5.69 Å². The Balaban J connectivity index is 1.91. The molecule has 3 aromatic rings. The summed E-state index contributed by atoms with van der Waals surface area (Å²) in [5.41, 5.74) is 7.17. The zero-order chi connectivity index (χ0) is 16.1. The molecule has 0 aliphatic rings. The molecule has 0 atom stereocenters. The highest BCUT2D eigenvalue weighted by molar-refractivity contribution is 5.99. The van der Waals surface area contributed by atoms with E-state index in [2.05, 4.69) is 20.6 Å². The number of primary amides is 1. The van der Waals surface area contributed by atoms with Crippen LogP contribution in [0.1, 0.15) is 10.4 Å². The standard InChI is InChI=1S/C17H15N5O/c18-17(23)13-11-20-16(22-15-8-4-5-9-19-15)10-14(13)21-12-6-2-1-3-7-12/h1-11H,(H2,18,23)(H2,19,20,21,22). The second-order valence-electron chi connectivity index (χ2n) is 4.81. The highest BCUT2D eigenvalue weighted by Crippen LogP contribution is 2.24. The number of amides is 1. The lowest BCUT2D eigenvalue weighted by atomic mass is 10.2. The Labute approximate surface area is 133 Å². The molecule has 2 heterocycles. The molecule has 1 aromatic carbocycles. The number of hydrogen-bond donors (Lipinski definition) is 3. The predicted molar refractivity (Wildman–Crippen MR) is 90.0 cm³/mol. The summed E-state index contributed by atoms with van der Waals surface area (Å²) >= 11 is 0. The number of aromatic nitrogens is 2. The van der Waals surface area contributed by atoms with Crippen LogP contribution in [0.5, 0.6) is 0 Å². The van der Waals surface area contributed by atoms with Gasteiger partial charge in [0.1, 0.15) is 11.6 Å². The Hall–Kier alpha value is -3.41. The van der Waals surface area contributed by atoms with Crippen molar-refractivity contribution in [3.05, 3.63) is 72.6 Å². The molecule has 6 heteroatoms. The summed E-state index contributed by atoms with van der Waals surface area (Å²) in [7, 11) is 0. The van der Waals surface area contributed by atoms with Crippen LogP contribution in [-0.2, 0) is 0 Å². The zero-order valence-electron chi connectivity index (χ0n) is 12.2. The van der Waals surface area contributed by atoms with Crippen molar-refractivity contribution in [3.63, 3.8) is 0 Å². The molecule has 4 N–H and O–H groups in total. The topological polar surface area (TPSA) is 92.9 Å². The van der Waals surface area contributed by atoms with E-state index in [-0.39, 0.29) is 0 Å². The predicted octanol–water partition coefficient (Wildman–Crippen LogP) is 3.06. The third kappa shape index (κ3) is 3.62. The highest BCUT2D eigenvalue weighted by Gasteiger charge is 2.11. The monoisotopic (exact) mass is 305 g/mol. The van der Waals surface area contributed by atoms with E-state index in [4.69, 9.17) is 5.73 Å². The van der Waals surface area contributed by atoms with E-state index in [9.17, 15) is 4.79 Å². The van der Waals surface area contributed by atoms with Crippen molar-refractivity contribution in [3.8, 4) is 0 Å². The number of pyridine rings is 2. The molecule has 0 unspecified atom stereocenters. The van der Waals surface area contributed by atoms with Crippen LogP contribution in [0.25, 0.3) is 0 Å². The molecule has 6 nitrogen and oxygen atoms in total. The van der Waals surface area contributed by atoms with Crippen LogP contribution >= 0.6 is 0 Å². The molecule has 0 radical (unpaired) electrons. The molecular formula is C17H15N5O. The molecule has 3 rings (SSSR count). The third-order valence-electron chi connectivity index (χ3n) is 3.14. The number of anilines is 4. The van der Waals surface area contributed by atoms with Gasteiger partial charge in [-0.15, -0.1) is 0 Å². The molecule has 1 amide bonds. The van der Waals surface area contributed by atoms with E-state index in [1.54, 1.807) is 12.3 Å². The van der Waals surface area contributed by atoms with Gasteiger partial charge in [0.15, 0.2) is 0 Å². The van der Waals surface area contributed by atoms with Crippen molar-refractivity contribution < 1.29 is 4.79 Å². The molecular weight excluding hydrogens is 290 g/mol. The van der Waals surface area contributed by atoms with Gasteiger partial charge in [0, 0.05) is 24.1 Å². The molecule has 114 valence electrons. The van der Waals surface area contributed by atoms with Crippen LogP contribution in [-0.4, -0.2) is 15.9 Å². The lowest BCUT2D eigenvalue weighted by Crippen LogP contribution is -2.14. The SMILES string of the molecule is NC(=O)c1cnc(Nc2ccccn2)cc1Nc1ccccc1. The maximum absolute atomic E-state index is 11.6. The molecule has 0 saturated carbocycles. The summed E-state index contributed by atoms with van der Waals surface area (Å²) in [5, 5.41) is 6.26. The molecule has 0 saturated heterocycles. The van der Waals surface area contributed by atoms with Gasteiger partial charge in [0.05, 0.1) is 11.3 Å². The zero-order valence-corrected chi connectivity index (χ0v) is 12.2. The average molecular weight is 305 g/mol. The second-order valence-corrected chi connectivity index (χ2v) is 4.81. The number of carbonyl (C=O) groups excluding carboxylic acids is 1. The first kappa shape index (κ1) is 14.5. The Morgan fingerprint density at radius 1 is 0.913 bits per heavy atom. The minimum Gasteiger partial charge on any atom is -0.365 e. The average Bonchev–Trinajstić information content (AvgIpc) is 2.57. The number of benzene rings is 1. The van der Waals surface area contributed by atoms with E-state index < -0.39 is 5.91 Å². The number of nitrogens with two attached hydrogens (primary N) is 1. The molecule has 23 heavy (non-hydrogen) atoms. The molecule has 0 aliphatic carbocycles. The summed E-state index contributed by atoms with van der Waals surface area (Å²) < 4.78 is 0. The minimum absolute atomic E-state index is 0.320. The van der Waals surface area contributed by atoms with E-state index >= 15 is 0 Å². The summed E-state index contributed by atoms with van der Waals surface area (Å²) in [4.78, 5) is 20.0. The fourth-order valence-electron chi connectivity index (χ4n) is 2.07. The highest BCUT2D eigenvalue weighted by atomic mass is 16.1. The van der Waals surface area contributed by atoms with Crippen LogP contribution in [0, 0.1) is 0 Å². The minimum atomic E-state index is -0.541. The van der Waals surface area contributed by atoms with Gasteiger partial charge in [0.25, 0.3) is 5.91 Å². The Kier molecular flexibility index (Phi) is 4.15. The number of nitrogens with zero attached hydrogens (tertiary/aromatic N) is 2. The van der Waals surface area contributed by atoms with Gasteiger partial charge in [0.2, 0.25) is 0 Å². The van der Waals surface area contributed by atoms with E-state index in [1.807, 2.05) is 48.5 Å². The Morgan fingerprint density at radius 2 is 1.70 bits per heavy atom. The summed E-state index contributed by atoms with van der Waals surface area (Å²) in [5.74, 6) is 0.685. The fourth-order valence-corrected chi connectivity index (χ4v) is 2.07. The smallest absolute Gasteiger partial charge is 0.252 e. The Bertz CT molecular complexity index is 806. The Morgan fingerprint density at radius 3 is 2.39 bits per heavy atom. The van der Waals surface area contributed by atoms with E-state index in [0.29, 0.717) is 22.9 Å². The number of hydrogen-bond acceptors (Lipinski definition) is 5. The molecule has 0 fully saturated rings. The number of nitrogens with one attached hydrogen (secondary N) is 2. The lowest BCUT2D eigenvalue weighted by Gasteiger charge is -2.12. The van der Waals surface area contributed by atoms with Gasteiger partial charge < -0.3 is 16.4 Å². The first-order valence-corrected chi connectivity index (χ1v) is 7.02. The van der Waals surface area contributed by atoms with Crippen LogP contribution in [0.3, 0.4) is 0 Å². The summed E-state index contributed by atoms with van der Waals surface area (Å²) in [6.07, 6.45) is 3.13. The van der Waals surface area contributed by atoms with Crippen molar-refractivity contribution in [2.45, 2.75) is 0 Å². The van der Waals surface area contributed by atoms with Crippen molar-refractivity contribution in [2.75, 3.05) is 10.6 Å². The largest absolute Gasteiger partial charge is 0.365 e. The normalized spacial score (nSPS) is 10.1. The van der Waals surface area contributed by atoms with Crippen molar-refractivity contribution in [1.82, 2.24) is 9.97 Å². The molecule has 0 spiro atoms. The van der Waals surface area contributed by atoms with Crippen LogP contribution in [0.4, 0.5) is 23.0 Å². The molecule has 2 aromatic heterocycles. The van der Waals surface area contributed by atoms with Gasteiger partial charge >= 0.3 is 0 Å². The second kappa shape index (κ2) is 6.57. The lowest BCUT2D eigenvalue weighted by molar-refractivity contribution is 0.100. The van der Waals surface area contributed by atoms with Gasteiger partial charge in [-0.2, -0.15) is 0 Å². The van der Waals surface area contributed by atoms with Crippen molar-refractivity contribution >= 4 is 28.9 Å². The fraction of sp³-hybridized carbons (Fsp3) is 0. The molecule has 0 aliphatic heterocycles. The maximum Gasteiger partial charge on any atom is 0.252 e. The van der Waals surface area contributed by atoms with Gasteiger partial charge in [-0.1, -0.05) is 24.3 Å². The van der Waals surface area contributed by atoms with Crippen molar-refractivity contribution in [2.24, 2.45) is 5.73 Å². The first-order valence-electron chi connectivity index (χ1n) is 7.02. The number of para-hydroxylation sites is 1. The molecule has 0 bridgehead atoms. The number of carbonyl (C=O) groups is 1. The van der Waals surface area contributed by atoms with Gasteiger partial charge in [-0.3, -0.25) is 4.79 Å². The van der Waals surface area contributed by atoms with Crippen LogP contribution in [0.2, 0.25) is 0 Å².